The van der Waals surface area contributed by atoms with Crippen molar-refractivity contribution in [2.45, 2.75) is 93.9 Å². The van der Waals surface area contributed by atoms with Crippen LogP contribution < -0.4 is 0 Å². The van der Waals surface area contributed by atoms with Gasteiger partial charge in [-0.3, -0.25) is 0 Å². The molecule has 0 N–H and O–H groups in total. The zero-order valence-corrected chi connectivity index (χ0v) is 13.4. The first-order valence-corrected chi connectivity index (χ1v) is 7.72. The Labute approximate surface area is 106 Å². The summed E-state index contributed by atoms with van der Waals surface area (Å²) in [5, 5.41) is 0. The molecule has 0 unspecified atom stereocenters. The molecule has 1 fully saturated rings. The molecular formula is C16H38. The van der Waals surface area contributed by atoms with Crippen LogP contribution >= 0.6 is 0 Å². The molecule has 0 aliphatic heterocycles. The van der Waals surface area contributed by atoms with E-state index < -0.39 is 0 Å². The Morgan fingerprint density at radius 2 is 1.12 bits per heavy atom. The fourth-order valence-electron chi connectivity index (χ4n) is 1.80. The summed E-state index contributed by atoms with van der Waals surface area (Å²) in [5.41, 5.74) is 0. The maximum absolute atomic E-state index is 2.36. The first-order chi connectivity index (χ1) is 7.72. The van der Waals surface area contributed by atoms with Crippen LogP contribution in [0.3, 0.4) is 0 Å². The summed E-state index contributed by atoms with van der Waals surface area (Å²) < 4.78 is 0. The van der Waals surface area contributed by atoms with Crippen molar-refractivity contribution >= 4 is 0 Å². The molecule has 0 nitrogen and oxygen atoms in total. The summed E-state index contributed by atoms with van der Waals surface area (Å²) >= 11 is 0. The van der Waals surface area contributed by atoms with E-state index in [4.69, 9.17) is 0 Å². The zero-order chi connectivity index (χ0) is 13.4. The number of hydrogen-bond acceptors (Lipinski definition) is 0. The molecule has 16 heavy (non-hydrogen) atoms. The molecule has 0 aromatic heterocycles. The van der Waals surface area contributed by atoms with Crippen LogP contribution in [0.15, 0.2) is 0 Å². The second-order valence-corrected chi connectivity index (χ2v) is 4.35. The highest BCUT2D eigenvalue weighted by atomic mass is 14.2. The second-order valence-electron chi connectivity index (χ2n) is 4.35. The zero-order valence-electron chi connectivity index (χ0n) is 13.4. The predicted octanol–water partition coefficient (Wildman–Crippen LogP) is 6.69. The van der Waals surface area contributed by atoms with Gasteiger partial charge in [0.05, 0.1) is 0 Å². The second kappa shape index (κ2) is 20.4. The molecule has 0 radical (unpaired) electrons. The van der Waals surface area contributed by atoms with Gasteiger partial charge < -0.3 is 0 Å². The van der Waals surface area contributed by atoms with Crippen LogP contribution in [0.5, 0.6) is 0 Å². The van der Waals surface area contributed by atoms with E-state index in [1.165, 1.54) is 38.5 Å². The Balaban J connectivity index is -0.000000206. The topological polar surface area (TPSA) is 0 Å². The first-order valence-electron chi connectivity index (χ1n) is 7.72. The van der Waals surface area contributed by atoms with Gasteiger partial charge in [0.1, 0.15) is 0 Å². The van der Waals surface area contributed by atoms with Gasteiger partial charge in [-0.15, -0.1) is 0 Å². The van der Waals surface area contributed by atoms with Gasteiger partial charge in [0, 0.05) is 0 Å². The van der Waals surface area contributed by atoms with E-state index in [0.717, 1.165) is 11.8 Å². The van der Waals surface area contributed by atoms with E-state index >= 15 is 0 Å². The SMILES string of the molecule is CC.CC.CC(C)C1CCCCC1.CCC. The van der Waals surface area contributed by atoms with Crippen LogP contribution in [0.2, 0.25) is 0 Å². The molecular weight excluding hydrogens is 192 g/mol. The van der Waals surface area contributed by atoms with Crippen LogP contribution in [0, 0.1) is 11.8 Å². The Hall–Kier alpha value is 0. The van der Waals surface area contributed by atoms with E-state index in [1.807, 2.05) is 27.7 Å². The van der Waals surface area contributed by atoms with Crippen LogP contribution in [-0.2, 0) is 0 Å². The summed E-state index contributed by atoms with van der Waals surface area (Å²) in [5.74, 6) is 1.99. The highest BCUT2D eigenvalue weighted by Gasteiger charge is 2.15. The Morgan fingerprint density at radius 1 is 0.812 bits per heavy atom. The van der Waals surface area contributed by atoms with E-state index in [9.17, 15) is 0 Å². The molecule has 0 heterocycles. The molecule has 0 bridgehead atoms. The van der Waals surface area contributed by atoms with Crippen LogP contribution in [0.4, 0.5) is 0 Å². The average molecular weight is 230 g/mol. The van der Waals surface area contributed by atoms with Crippen molar-refractivity contribution in [1.29, 1.82) is 0 Å². The Bertz CT molecular complexity index is 78.0. The molecule has 0 amide bonds. The van der Waals surface area contributed by atoms with E-state index in [-0.39, 0.29) is 0 Å². The minimum Gasteiger partial charge on any atom is -0.0683 e. The average Bonchev–Trinajstić information content (AvgIpc) is 2.36. The summed E-state index contributed by atoms with van der Waals surface area (Å²) in [6.07, 6.45) is 8.71. The number of hydrogen-bond donors (Lipinski definition) is 0. The van der Waals surface area contributed by atoms with Gasteiger partial charge in [-0.1, -0.05) is 93.9 Å². The lowest BCUT2D eigenvalue weighted by Crippen LogP contribution is -2.12. The standard InChI is InChI=1S/C9H18.C3H8.2C2H6/c1-8(2)9-6-4-3-5-7-9;1-3-2;2*1-2/h8-9H,3-7H2,1-2H3;3H2,1-2H3;2*1-2H3. The van der Waals surface area contributed by atoms with Crippen molar-refractivity contribution < 1.29 is 0 Å². The molecule has 1 aliphatic rings. The van der Waals surface area contributed by atoms with Gasteiger partial charge in [-0.25, -0.2) is 0 Å². The lowest BCUT2D eigenvalue weighted by Gasteiger charge is -2.24. The third kappa shape index (κ3) is 16.4. The van der Waals surface area contributed by atoms with Crippen molar-refractivity contribution in [1.82, 2.24) is 0 Å². The smallest absolute Gasteiger partial charge is 0.0391 e. The van der Waals surface area contributed by atoms with Crippen molar-refractivity contribution in [3.05, 3.63) is 0 Å². The number of rotatable bonds is 1. The Morgan fingerprint density at radius 3 is 1.31 bits per heavy atom. The molecule has 102 valence electrons. The summed E-state index contributed by atoms with van der Waals surface area (Å²) in [6, 6.07) is 0. The van der Waals surface area contributed by atoms with Gasteiger partial charge in [-0.2, -0.15) is 0 Å². The quantitative estimate of drug-likeness (QED) is 0.470. The fraction of sp³-hybridized carbons (Fsp3) is 1.00. The van der Waals surface area contributed by atoms with Gasteiger partial charge in [-0.05, 0) is 11.8 Å². The highest BCUT2D eigenvalue weighted by molar-refractivity contribution is 4.67. The monoisotopic (exact) mass is 230 g/mol. The Kier molecular flexibility index (Phi) is 27.2. The minimum atomic E-state index is 0.935. The van der Waals surface area contributed by atoms with E-state index in [2.05, 4.69) is 27.7 Å². The van der Waals surface area contributed by atoms with Crippen molar-refractivity contribution in [3.8, 4) is 0 Å². The van der Waals surface area contributed by atoms with Gasteiger partial charge in [0.2, 0.25) is 0 Å². The maximum atomic E-state index is 2.36. The van der Waals surface area contributed by atoms with E-state index in [1.54, 1.807) is 0 Å². The lowest BCUT2D eigenvalue weighted by molar-refractivity contribution is 0.279. The minimum absolute atomic E-state index is 0.935. The van der Waals surface area contributed by atoms with Crippen molar-refractivity contribution in [3.63, 3.8) is 0 Å². The van der Waals surface area contributed by atoms with Gasteiger partial charge in [0.25, 0.3) is 0 Å². The largest absolute Gasteiger partial charge is 0.0683 e. The third-order valence-electron chi connectivity index (χ3n) is 2.59. The predicted molar refractivity (Wildman–Crippen MR) is 80.1 cm³/mol. The molecule has 0 aromatic rings. The third-order valence-corrected chi connectivity index (χ3v) is 2.59. The fourth-order valence-corrected chi connectivity index (χ4v) is 1.80. The molecule has 0 heteroatoms. The van der Waals surface area contributed by atoms with Crippen LogP contribution in [0.1, 0.15) is 93.9 Å². The lowest BCUT2D eigenvalue weighted by atomic mass is 9.82. The molecule has 0 spiro atoms. The highest BCUT2D eigenvalue weighted by Crippen LogP contribution is 2.29. The summed E-state index contributed by atoms with van der Waals surface area (Å²) in [4.78, 5) is 0. The normalized spacial score (nSPS) is 14.8. The first kappa shape index (κ1) is 21.3. The van der Waals surface area contributed by atoms with Crippen molar-refractivity contribution in [2.24, 2.45) is 11.8 Å². The molecule has 0 aromatic carbocycles. The van der Waals surface area contributed by atoms with Gasteiger partial charge >= 0.3 is 0 Å². The summed E-state index contributed by atoms with van der Waals surface area (Å²) in [6.45, 7) is 17.0. The van der Waals surface area contributed by atoms with Crippen LogP contribution in [-0.4, -0.2) is 0 Å². The van der Waals surface area contributed by atoms with Crippen LogP contribution in [0.25, 0.3) is 0 Å². The molecule has 1 rings (SSSR count). The molecule has 1 aliphatic carbocycles. The van der Waals surface area contributed by atoms with E-state index in [0.29, 0.717) is 0 Å². The van der Waals surface area contributed by atoms with Gasteiger partial charge in [0.15, 0.2) is 0 Å². The maximum Gasteiger partial charge on any atom is -0.0391 e. The molecule has 0 atom stereocenters. The molecule has 1 saturated carbocycles. The molecule has 0 saturated heterocycles. The summed E-state index contributed by atoms with van der Waals surface area (Å²) in [7, 11) is 0. The van der Waals surface area contributed by atoms with Crippen molar-refractivity contribution in [2.75, 3.05) is 0 Å².